The number of carbonyl (C=O) groups excluding carboxylic acids is 2. The zero-order chi connectivity index (χ0) is 25.1. The van der Waals surface area contributed by atoms with E-state index in [1.54, 1.807) is 10.3 Å². The van der Waals surface area contributed by atoms with Crippen LogP contribution in [0.1, 0.15) is 57.1 Å². The predicted molar refractivity (Wildman–Crippen MR) is 138 cm³/mol. The monoisotopic (exact) mass is 505 g/mol. The van der Waals surface area contributed by atoms with Gasteiger partial charge >= 0.3 is 0 Å². The molecule has 2 aromatic carbocycles. The van der Waals surface area contributed by atoms with Gasteiger partial charge in [0.2, 0.25) is 5.91 Å². The van der Waals surface area contributed by atoms with Crippen LogP contribution in [0.3, 0.4) is 0 Å². The second-order valence-electron chi connectivity index (χ2n) is 9.18. The Morgan fingerprint density at radius 2 is 1.89 bits per heavy atom. The molecule has 0 spiro atoms. The van der Waals surface area contributed by atoms with E-state index < -0.39 is 0 Å². The van der Waals surface area contributed by atoms with Crippen LogP contribution in [0, 0.1) is 6.92 Å². The molecule has 7 nitrogen and oxygen atoms in total. The Hall–Kier alpha value is -3.23. The molecule has 5 rings (SSSR count). The lowest BCUT2D eigenvalue weighted by molar-refractivity contribution is -0.132. The number of thiazole rings is 1. The average molecular weight is 506 g/mol. The number of nitrogens with zero attached hydrogens (tertiary/aromatic N) is 3. The van der Waals surface area contributed by atoms with Gasteiger partial charge in [0.1, 0.15) is 23.1 Å². The van der Waals surface area contributed by atoms with Crippen LogP contribution >= 0.6 is 11.3 Å². The number of rotatable bonds is 6. The molecule has 0 bridgehead atoms. The molecule has 188 valence electrons. The largest absolute Gasteiger partial charge is 0.486 e. The quantitative estimate of drug-likeness (QED) is 0.497. The molecule has 0 saturated carbocycles. The highest BCUT2D eigenvalue weighted by Crippen LogP contribution is 2.37. The van der Waals surface area contributed by atoms with Crippen LogP contribution in [0.15, 0.2) is 47.8 Å². The molecule has 1 aromatic heterocycles. The van der Waals surface area contributed by atoms with E-state index in [2.05, 4.69) is 48.3 Å². The van der Waals surface area contributed by atoms with Gasteiger partial charge in [-0.25, -0.2) is 4.98 Å². The van der Waals surface area contributed by atoms with Gasteiger partial charge in [-0.2, -0.15) is 0 Å². The number of morpholine rings is 1. The summed E-state index contributed by atoms with van der Waals surface area (Å²) in [6.07, 6.45) is 1.30. The minimum absolute atomic E-state index is 0.0591. The predicted octanol–water partition coefficient (Wildman–Crippen LogP) is 4.39. The van der Waals surface area contributed by atoms with Crippen molar-refractivity contribution in [3.05, 3.63) is 80.8 Å². The van der Waals surface area contributed by atoms with Crippen molar-refractivity contribution in [1.29, 1.82) is 0 Å². The van der Waals surface area contributed by atoms with E-state index in [4.69, 9.17) is 9.47 Å². The summed E-state index contributed by atoms with van der Waals surface area (Å²) in [6.45, 7) is 7.29. The van der Waals surface area contributed by atoms with Gasteiger partial charge in [-0.15, -0.1) is 11.3 Å². The van der Waals surface area contributed by atoms with Crippen molar-refractivity contribution in [3.8, 4) is 5.75 Å². The molecule has 0 N–H and O–H groups in total. The summed E-state index contributed by atoms with van der Waals surface area (Å²) in [5.74, 6) is 0.821. The fourth-order valence-corrected chi connectivity index (χ4v) is 5.49. The van der Waals surface area contributed by atoms with Gasteiger partial charge in [-0.3, -0.25) is 9.59 Å². The Balaban J connectivity index is 1.34. The third-order valence-electron chi connectivity index (χ3n) is 6.79. The van der Waals surface area contributed by atoms with Gasteiger partial charge in [0.15, 0.2) is 0 Å². The molecule has 0 aliphatic carbocycles. The molecule has 1 atom stereocenters. The van der Waals surface area contributed by atoms with Gasteiger partial charge in [0.05, 0.1) is 19.3 Å². The fourth-order valence-electron chi connectivity index (χ4n) is 4.81. The summed E-state index contributed by atoms with van der Waals surface area (Å²) < 4.78 is 11.5. The van der Waals surface area contributed by atoms with E-state index in [-0.39, 0.29) is 24.5 Å². The first-order valence-corrected chi connectivity index (χ1v) is 13.3. The van der Waals surface area contributed by atoms with E-state index >= 15 is 0 Å². The smallest absolute Gasteiger partial charge is 0.273 e. The highest BCUT2D eigenvalue weighted by atomic mass is 32.1. The van der Waals surface area contributed by atoms with E-state index in [9.17, 15) is 9.59 Å². The number of benzene rings is 2. The number of hydrogen-bond donors (Lipinski definition) is 0. The third kappa shape index (κ3) is 5.15. The van der Waals surface area contributed by atoms with Crippen molar-refractivity contribution in [2.24, 2.45) is 0 Å². The van der Waals surface area contributed by atoms with Crippen molar-refractivity contribution in [3.63, 3.8) is 0 Å². The van der Waals surface area contributed by atoms with Crippen LogP contribution < -0.4 is 4.74 Å². The fraction of sp³-hybridized carbons (Fsp3) is 0.393. The first-order chi connectivity index (χ1) is 17.5. The summed E-state index contributed by atoms with van der Waals surface area (Å²) in [5.41, 5.74) is 5.09. The van der Waals surface area contributed by atoms with Gasteiger partial charge in [-0.05, 0) is 42.2 Å². The number of aromatic nitrogens is 1. The highest BCUT2D eigenvalue weighted by Gasteiger charge is 2.31. The molecule has 1 saturated heterocycles. The normalized spacial score (nSPS) is 17.6. The first kappa shape index (κ1) is 24.5. The SMILES string of the molecule is CCC(=O)N1CCc2ccc(OCc3nc(C(=O)N4CCOCC4)cs3)cc2[C@@H]1c1ccc(C)cc1. The molecular weight excluding hydrogens is 474 g/mol. The van der Waals surface area contributed by atoms with Gasteiger partial charge in [0, 0.05) is 31.4 Å². The topological polar surface area (TPSA) is 72.0 Å². The molecule has 3 heterocycles. The van der Waals surface area contributed by atoms with Crippen LogP contribution in [0.25, 0.3) is 0 Å². The number of fused-ring (bicyclic) bond motifs is 1. The number of hydrogen-bond acceptors (Lipinski definition) is 6. The minimum atomic E-state index is -0.136. The maximum atomic E-state index is 12.8. The van der Waals surface area contributed by atoms with Crippen LogP contribution in [0.5, 0.6) is 5.75 Å². The number of carbonyl (C=O) groups is 2. The molecule has 2 aliphatic rings. The summed E-state index contributed by atoms with van der Waals surface area (Å²) >= 11 is 1.43. The Bertz CT molecular complexity index is 1230. The van der Waals surface area contributed by atoms with Crippen molar-refractivity contribution in [1.82, 2.24) is 14.8 Å². The van der Waals surface area contributed by atoms with Crippen LogP contribution in [0.4, 0.5) is 0 Å². The molecule has 2 amide bonds. The molecule has 0 radical (unpaired) electrons. The molecular formula is C28H31N3O4S. The van der Waals surface area contributed by atoms with Crippen LogP contribution in [-0.4, -0.2) is 59.4 Å². The lowest BCUT2D eigenvalue weighted by Crippen LogP contribution is -2.40. The third-order valence-corrected chi connectivity index (χ3v) is 7.62. The zero-order valence-corrected chi connectivity index (χ0v) is 21.6. The van der Waals surface area contributed by atoms with Gasteiger partial charge in [0.25, 0.3) is 5.91 Å². The van der Waals surface area contributed by atoms with Gasteiger partial charge in [-0.1, -0.05) is 42.8 Å². The second-order valence-corrected chi connectivity index (χ2v) is 10.1. The Morgan fingerprint density at radius 3 is 2.64 bits per heavy atom. The Morgan fingerprint density at radius 1 is 1.11 bits per heavy atom. The van der Waals surface area contributed by atoms with Crippen LogP contribution in [-0.2, 0) is 22.6 Å². The van der Waals surface area contributed by atoms with Crippen molar-refractivity contribution in [2.45, 2.75) is 39.3 Å². The molecule has 3 aromatic rings. The van der Waals surface area contributed by atoms with Gasteiger partial charge < -0.3 is 19.3 Å². The number of aryl methyl sites for hydroxylation is 1. The van der Waals surface area contributed by atoms with E-state index in [1.807, 2.05) is 17.9 Å². The molecule has 2 aliphatic heterocycles. The summed E-state index contributed by atoms with van der Waals surface area (Å²) in [4.78, 5) is 33.8. The second kappa shape index (κ2) is 10.8. The lowest BCUT2D eigenvalue weighted by atomic mass is 9.87. The maximum absolute atomic E-state index is 12.8. The average Bonchev–Trinajstić information content (AvgIpc) is 3.40. The Kier molecular flexibility index (Phi) is 7.34. The standard InChI is InChI=1S/C28H31N3O4S/c1-3-26(32)31-11-10-20-8-9-22(16-23(20)27(31)21-6-4-19(2)5-7-21)35-17-25-29-24(18-36-25)28(33)30-12-14-34-15-13-30/h4-9,16,18,27H,3,10-15,17H2,1-2H3/t27-/m0/s1. The first-order valence-electron chi connectivity index (χ1n) is 12.5. The van der Waals surface area contributed by atoms with Crippen molar-refractivity contribution >= 4 is 23.2 Å². The summed E-state index contributed by atoms with van der Waals surface area (Å²) in [7, 11) is 0. The highest BCUT2D eigenvalue weighted by molar-refractivity contribution is 7.09. The number of ether oxygens (including phenoxy) is 2. The maximum Gasteiger partial charge on any atom is 0.273 e. The van der Waals surface area contributed by atoms with E-state index in [0.29, 0.717) is 45.0 Å². The van der Waals surface area contributed by atoms with E-state index in [0.717, 1.165) is 28.3 Å². The minimum Gasteiger partial charge on any atom is -0.486 e. The summed E-state index contributed by atoms with van der Waals surface area (Å²) in [5, 5.41) is 2.55. The lowest BCUT2D eigenvalue weighted by Gasteiger charge is -2.38. The number of amides is 2. The van der Waals surface area contributed by atoms with Crippen LogP contribution in [0.2, 0.25) is 0 Å². The van der Waals surface area contributed by atoms with Crippen molar-refractivity contribution < 1.29 is 19.1 Å². The summed E-state index contributed by atoms with van der Waals surface area (Å²) in [6, 6.07) is 14.4. The van der Waals surface area contributed by atoms with Crippen molar-refractivity contribution in [2.75, 3.05) is 32.8 Å². The zero-order valence-electron chi connectivity index (χ0n) is 20.7. The molecule has 8 heteroatoms. The molecule has 36 heavy (non-hydrogen) atoms. The van der Waals surface area contributed by atoms with E-state index in [1.165, 1.54) is 22.5 Å². The molecule has 0 unspecified atom stereocenters. The Labute approximate surface area is 215 Å². The molecule has 1 fully saturated rings.